The Morgan fingerprint density at radius 1 is 0.852 bits per heavy atom. The summed E-state index contributed by atoms with van der Waals surface area (Å²) in [5.74, 6) is 0.243. The fourth-order valence-corrected chi connectivity index (χ4v) is 8.23. The molecule has 0 aromatic carbocycles. The molecule has 0 bridgehead atoms. The van der Waals surface area contributed by atoms with Crippen molar-refractivity contribution in [1.82, 2.24) is 9.21 Å². The van der Waals surface area contributed by atoms with Crippen molar-refractivity contribution in [3.05, 3.63) is 0 Å². The van der Waals surface area contributed by atoms with Crippen LogP contribution in [0.4, 0.5) is 0 Å². The summed E-state index contributed by atoms with van der Waals surface area (Å²) in [5.41, 5.74) is 0. The van der Waals surface area contributed by atoms with Gasteiger partial charge in [-0.3, -0.25) is 0 Å². The van der Waals surface area contributed by atoms with Gasteiger partial charge in [0.15, 0.2) is 9.84 Å². The molecule has 2 heterocycles. The van der Waals surface area contributed by atoms with Gasteiger partial charge in [0.25, 0.3) is 0 Å². The summed E-state index contributed by atoms with van der Waals surface area (Å²) in [5, 5.41) is -0.532. The lowest BCUT2D eigenvalue weighted by Crippen LogP contribution is -2.36. The topological polar surface area (TPSA) is 74.8 Å². The Bertz CT molecular complexity index is 643. The van der Waals surface area contributed by atoms with Gasteiger partial charge in [0.1, 0.15) is 0 Å². The number of piperidine rings is 1. The van der Waals surface area contributed by atoms with Crippen molar-refractivity contribution in [3.63, 3.8) is 0 Å². The minimum absolute atomic E-state index is 0.0635. The summed E-state index contributed by atoms with van der Waals surface area (Å²) in [6.07, 6.45) is 7.45. The third kappa shape index (κ3) is 6.68. The minimum Gasteiger partial charge on any atom is -0.303 e. The molecule has 2 rings (SSSR count). The number of sulfonamides is 1. The summed E-state index contributed by atoms with van der Waals surface area (Å²) in [7, 11) is -6.62. The van der Waals surface area contributed by atoms with Crippen LogP contribution in [0.5, 0.6) is 0 Å². The summed E-state index contributed by atoms with van der Waals surface area (Å²) in [6, 6.07) is 0. The molecule has 8 heteroatoms. The van der Waals surface area contributed by atoms with Gasteiger partial charge >= 0.3 is 0 Å². The standard InChI is InChI=1S/C19H38N2O4S2/c1-3-5-15-27(24,25)21-16-18(10-4-2)19(17-21)26(22,23)14-9-13-20-11-7-6-8-12-20/h18-19H,3-17H2,1-2H3/t18-,19?/m1/s1. The van der Waals surface area contributed by atoms with Gasteiger partial charge in [0, 0.05) is 13.1 Å². The molecule has 0 aliphatic carbocycles. The molecule has 0 N–H and O–H groups in total. The Morgan fingerprint density at radius 2 is 1.56 bits per heavy atom. The largest absolute Gasteiger partial charge is 0.303 e. The SMILES string of the molecule is CCCCS(=O)(=O)N1CC(S(=O)(=O)CCCN2CCCCC2)[C@H](CCC)C1. The van der Waals surface area contributed by atoms with Crippen molar-refractivity contribution in [2.45, 2.75) is 70.5 Å². The van der Waals surface area contributed by atoms with Crippen molar-refractivity contribution in [1.29, 1.82) is 0 Å². The average Bonchev–Trinajstić information content (AvgIpc) is 3.07. The van der Waals surface area contributed by atoms with Gasteiger partial charge in [-0.05, 0) is 57.7 Å². The fraction of sp³-hybridized carbons (Fsp3) is 1.00. The van der Waals surface area contributed by atoms with Gasteiger partial charge in [0.2, 0.25) is 10.0 Å². The van der Waals surface area contributed by atoms with Gasteiger partial charge < -0.3 is 4.90 Å². The van der Waals surface area contributed by atoms with Crippen molar-refractivity contribution in [2.75, 3.05) is 44.2 Å². The van der Waals surface area contributed by atoms with Gasteiger partial charge in [0.05, 0.1) is 16.8 Å². The average molecular weight is 423 g/mol. The molecule has 27 heavy (non-hydrogen) atoms. The lowest BCUT2D eigenvalue weighted by molar-refractivity contribution is 0.229. The Morgan fingerprint density at radius 3 is 2.19 bits per heavy atom. The van der Waals surface area contributed by atoms with Crippen LogP contribution < -0.4 is 0 Å². The quantitative estimate of drug-likeness (QED) is 0.511. The molecule has 2 aliphatic heterocycles. The van der Waals surface area contributed by atoms with E-state index in [0.29, 0.717) is 19.4 Å². The van der Waals surface area contributed by atoms with Crippen molar-refractivity contribution in [2.24, 2.45) is 5.92 Å². The van der Waals surface area contributed by atoms with Gasteiger partial charge in [-0.25, -0.2) is 21.1 Å². The van der Waals surface area contributed by atoms with Crippen LogP contribution >= 0.6 is 0 Å². The molecule has 1 unspecified atom stereocenters. The molecule has 0 aromatic rings. The van der Waals surface area contributed by atoms with E-state index >= 15 is 0 Å². The normalized spacial score (nSPS) is 25.9. The molecular formula is C19H38N2O4S2. The molecule has 6 nitrogen and oxygen atoms in total. The highest BCUT2D eigenvalue weighted by Crippen LogP contribution is 2.30. The van der Waals surface area contributed by atoms with Crippen LogP contribution in [0, 0.1) is 5.92 Å². The minimum atomic E-state index is -3.34. The first-order valence-electron chi connectivity index (χ1n) is 10.7. The fourth-order valence-electron chi connectivity index (χ4n) is 4.36. The highest BCUT2D eigenvalue weighted by atomic mass is 32.2. The first-order valence-corrected chi connectivity index (χ1v) is 14.0. The van der Waals surface area contributed by atoms with Gasteiger partial charge in [-0.1, -0.05) is 33.1 Å². The summed E-state index contributed by atoms with van der Waals surface area (Å²) < 4.78 is 52.6. The molecule has 2 saturated heterocycles. The molecule has 2 atom stereocenters. The first-order chi connectivity index (χ1) is 12.8. The molecule has 0 spiro atoms. The highest BCUT2D eigenvalue weighted by Gasteiger charge is 2.44. The maximum Gasteiger partial charge on any atom is 0.214 e. The van der Waals surface area contributed by atoms with Crippen LogP contribution in [0.1, 0.15) is 65.2 Å². The number of unbranched alkanes of at least 4 members (excludes halogenated alkanes) is 1. The lowest BCUT2D eigenvalue weighted by atomic mass is 10.0. The van der Waals surface area contributed by atoms with E-state index in [9.17, 15) is 16.8 Å². The molecule has 2 fully saturated rings. The Kier molecular flexibility index (Phi) is 9.03. The smallest absolute Gasteiger partial charge is 0.214 e. The highest BCUT2D eigenvalue weighted by molar-refractivity contribution is 7.92. The Balaban J connectivity index is 1.97. The molecule has 2 aliphatic rings. The molecular weight excluding hydrogens is 384 g/mol. The van der Waals surface area contributed by atoms with E-state index in [1.807, 2.05) is 13.8 Å². The first kappa shape index (κ1) is 23.1. The van der Waals surface area contributed by atoms with Crippen LogP contribution in [-0.2, 0) is 19.9 Å². The van der Waals surface area contributed by atoms with E-state index in [0.717, 1.165) is 38.9 Å². The Labute approximate surface area is 166 Å². The van der Waals surface area contributed by atoms with E-state index in [1.54, 1.807) is 0 Å². The maximum atomic E-state index is 13.0. The van der Waals surface area contributed by atoms with Crippen LogP contribution in [0.3, 0.4) is 0 Å². The molecule has 0 radical (unpaired) electrons. The van der Waals surface area contributed by atoms with E-state index in [2.05, 4.69) is 4.90 Å². The Hall–Kier alpha value is -0.180. The second kappa shape index (κ2) is 10.6. The summed E-state index contributed by atoms with van der Waals surface area (Å²) in [4.78, 5) is 2.36. The second-order valence-electron chi connectivity index (χ2n) is 8.20. The monoisotopic (exact) mass is 422 g/mol. The zero-order valence-electron chi connectivity index (χ0n) is 17.1. The number of sulfone groups is 1. The van der Waals surface area contributed by atoms with Crippen LogP contribution in [0.15, 0.2) is 0 Å². The van der Waals surface area contributed by atoms with Crippen molar-refractivity contribution in [3.8, 4) is 0 Å². The zero-order valence-corrected chi connectivity index (χ0v) is 18.7. The van der Waals surface area contributed by atoms with Gasteiger partial charge in [-0.15, -0.1) is 0 Å². The van der Waals surface area contributed by atoms with E-state index in [4.69, 9.17) is 0 Å². The van der Waals surface area contributed by atoms with E-state index in [1.165, 1.54) is 23.6 Å². The molecule has 0 aromatic heterocycles. The number of rotatable bonds is 11. The van der Waals surface area contributed by atoms with Crippen LogP contribution in [0.25, 0.3) is 0 Å². The van der Waals surface area contributed by atoms with Gasteiger partial charge in [-0.2, -0.15) is 0 Å². The van der Waals surface area contributed by atoms with Crippen LogP contribution in [0.2, 0.25) is 0 Å². The second-order valence-corrected chi connectivity index (χ2v) is 12.6. The van der Waals surface area contributed by atoms with Crippen molar-refractivity contribution >= 4 is 19.9 Å². The summed E-state index contributed by atoms with van der Waals surface area (Å²) in [6.45, 7) is 7.52. The zero-order chi connectivity index (χ0) is 19.9. The lowest BCUT2D eigenvalue weighted by Gasteiger charge is -2.26. The maximum absolute atomic E-state index is 13.0. The van der Waals surface area contributed by atoms with Crippen molar-refractivity contribution < 1.29 is 16.8 Å². The van der Waals surface area contributed by atoms with E-state index < -0.39 is 25.1 Å². The molecule has 0 saturated carbocycles. The number of likely N-dealkylation sites (tertiary alicyclic amines) is 1. The predicted molar refractivity (Wildman–Crippen MR) is 111 cm³/mol. The van der Waals surface area contributed by atoms with Crippen LogP contribution in [-0.4, -0.2) is 75.5 Å². The number of nitrogens with zero attached hydrogens (tertiary/aromatic N) is 2. The third-order valence-corrected chi connectivity index (χ3v) is 10.2. The summed E-state index contributed by atoms with van der Waals surface area (Å²) >= 11 is 0. The number of hydrogen-bond donors (Lipinski definition) is 0. The van der Waals surface area contributed by atoms with E-state index in [-0.39, 0.29) is 24.0 Å². The predicted octanol–water partition coefficient (Wildman–Crippen LogP) is 2.51. The molecule has 0 amide bonds. The molecule has 160 valence electrons. The third-order valence-electron chi connectivity index (χ3n) is 5.97. The number of hydrogen-bond acceptors (Lipinski definition) is 5.